The first-order chi connectivity index (χ1) is 10.8. The van der Waals surface area contributed by atoms with Gasteiger partial charge in [0.25, 0.3) is 0 Å². The van der Waals surface area contributed by atoms with E-state index in [-0.39, 0.29) is 5.97 Å². The summed E-state index contributed by atoms with van der Waals surface area (Å²) in [6, 6.07) is 6.47. The van der Waals surface area contributed by atoms with Gasteiger partial charge < -0.3 is 14.9 Å². The van der Waals surface area contributed by atoms with E-state index in [1.54, 1.807) is 5.01 Å². The first-order valence-corrected chi connectivity index (χ1v) is 12.4. The number of hydrazine groups is 1. The van der Waals surface area contributed by atoms with Gasteiger partial charge in [-0.15, -0.1) is 0 Å². The third-order valence-electron chi connectivity index (χ3n) is 3.62. The molecule has 1 N–H and O–H groups in total. The summed E-state index contributed by atoms with van der Waals surface area (Å²) in [6.45, 7) is 10.2. The standard InChI is InChI=1S/C16H25BrN2O3Si/c1-5-22-16(20)15-13-10-12(17)6-7-14(13)18-19(15)11-21-8-9-23(2,3)4/h6-7,10,15,18H,5,8-9,11H2,1-4H3. The average molecular weight is 401 g/mol. The average Bonchev–Trinajstić information content (AvgIpc) is 2.80. The molecule has 0 radical (unpaired) electrons. The number of nitrogens with one attached hydrogen (secondary N) is 1. The zero-order chi connectivity index (χ0) is 17.0. The summed E-state index contributed by atoms with van der Waals surface area (Å²) in [6.07, 6.45) is 0. The highest BCUT2D eigenvalue weighted by Crippen LogP contribution is 2.37. The summed E-state index contributed by atoms with van der Waals surface area (Å²) in [5.41, 5.74) is 5.07. The van der Waals surface area contributed by atoms with Gasteiger partial charge in [0, 0.05) is 24.7 Å². The monoisotopic (exact) mass is 400 g/mol. The number of benzene rings is 1. The maximum absolute atomic E-state index is 12.4. The SMILES string of the molecule is CCOC(=O)C1c2cc(Br)ccc2NN1COCC[Si](C)(C)C. The number of esters is 1. The second kappa shape index (κ2) is 7.79. The lowest BCUT2D eigenvalue weighted by Crippen LogP contribution is -2.36. The van der Waals surface area contributed by atoms with Crippen molar-refractivity contribution >= 4 is 35.7 Å². The fourth-order valence-corrected chi connectivity index (χ4v) is 3.51. The smallest absolute Gasteiger partial charge is 0.330 e. The lowest BCUT2D eigenvalue weighted by Gasteiger charge is -2.24. The number of nitrogens with zero attached hydrogens (tertiary/aromatic N) is 1. The highest BCUT2D eigenvalue weighted by atomic mass is 79.9. The Morgan fingerprint density at radius 3 is 2.78 bits per heavy atom. The van der Waals surface area contributed by atoms with Gasteiger partial charge in [0.2, 0.25) is 0 Å². The number of rotatable bonds is 7. The third kappa shape index (κ3) is 5.04. The van der Waals surface area contributed by atoms with Crippen LogP contribution in [0.15, 0.2) is 22.7 Å². The third-order valence-corrected chi connectivity index (χ3v) is 5.82. The molecule has 0 amide bonds. The number of carbonyl (C=O) groups excluding carboxylic acids is 1. The van der Waals surface area contributed by atoms with Gasteiger partial charge in [0.1, 0.15) is 6.73 Å². The molecule has 1 aliphatic heterocycles. The molecule has 2 rings (SSSR count). The van der Waals surface area contributed by atoms with Crippen LogP contribution >= 0.6 is 15.9 Å². The quantitative estimate of drug-likeness (QED) is 0.425. The van der Waals surface area contributed by atoms with E-state index >= 15 is 0 Å². The Morgan fingerprint density at radius 2 is 2.13 bits per heavy atom. The molecule has 0 saturated heterocycles. The van der Waals surface area contributed by atoms with E-state index < -0.39 is 14.1 Å². The van der Waals surface area contributed by atoms with E-state index in [9.17, 15) is 4.79 Å². The van der Waals surface area contributed by atoms with Crippen molar-refractivity contribution in [3.63, 3.8) is 0 Å². The zero-order valence-electron chi connectivity index (χ0n) is 14.2. The molecule has 0 bridgehead atoms. The number of ether oxygens (including phenoxy) is 2. The van der Waals surface area contributed by atoms with Crippen molar-refractivity contribution in [3.05, 3.63) is 28.2 Å². The molecule has 1 aromatic carbocycles. The molecule has 23 heavy (non-hydrogen) atoms. The van der Waals surface area contributed by atoms with Gasteiger partial charge in [0.15, 0.2) is 6.04 Å². The van der Waals surface area contributed by atoms with Crippen LogP contribution in [0.1, 0.15) is 18.5 Å². The Kier molecular flexibility index (Phi) is 6.24. The molecule has 1 atom stereocenters. The maximum atomic E-state index is 12.4. The van der Waals surface area contributed by atoms with E-state index in [1.807, 2.05) is 25.1 Å². The molecule has 0 fully saturated rings. The number of carbonyl (C=O) groups is 1. The molecule has 0 aromatic heterocycles. The Hall–Kier alpha value is -0.893. The van der Waals surface area contributed by atoms with Crippen molar-refractivity contribution in [3.8, 4) is 0 Å². The molecule has 0 aliphatic carbocycles. The van der Waals surface area contributed by atoms with E-state index in [4.69, 9.17) is 9.47 Å². The Balaban J connectivity index is 2.05. The minimum atomic E-state index is -1.12. The van der Waals surface area contributed by atoms with Crippen LogP contribution in [0.4, 0.5) is 5.69 Å². The molecule has 1 aromatic rings. The van der Waals surface area contributed by atoms with Crippen molar-refractivity contribution < 1.29 is 14.3 Å². The van der Waals surface area contributed by atoms with Gasteiger partial charge in [-0.2, -0.15) is 5.01 Å². The fraction of sp³-hybridized carbons (Fsp3) is 0.562. The van der Waals surface area contributed by atoms with Crippen LogP contribution < -0.4 is 5.43 Å². The summed E-state index contributed by atoms with van der Waals surface area (Å²) >= 11 is 3.46. The predicted octanol–water partition coefficient (Wildman–Crippen LogP) is 4.01. The first kappa shape index (κ1) is 18.4. The van der Waals surface area contributed by atoms with E-state index in [1.165, 1.54) is 0 Å². The van der Waals surface area contributed by atoms with Gasteiger partial charge in [-0.3, -0.25) is 0 Å². The largest absolute Gasteiger partial charge is 0.465 e. The van der Waals surface area contributed by atoms with Crippen molar-refractivity contribution in [1.29, 1.82) is 0 Å². The second-order valence-electron chi connectivity index (χ2n) is 6.82. The molecule has 5 nitrogen and oxygen atoms in total. The Morgan fingerprint density at radius 1 is 1.39 bits per heavy atom. The molecular formula is C16H25BrN2O3Si. The van der Waals surface area contributed by atoms with Gasteiger partial charge in [-0.1, -0.05) is 35.6 Å². The molecule has 1 heterocycles. The molecule has 1 aliphatic rings. The summed E-state index contributed by atoms with van der Waals surface area (Å²) in [4.78, 5) is 12.4. The normalized spacial score (nSPS) is 17.7. The van der Waals surface area contributed by atoms with Crippen molar-refractivity contribution in [2.45, 2.75) is 38.7 Å². The number of halogens is 1. The van der Waals surface area contributed by atoms with Gasteiger partial charge in [-0.05, 0) is 31.2 Å². The van der Waals surface area contributed by atoms with Crippen LogP contribution in [-0.2, 0) is 14.3 Å². The number of fused-ring (bicyclic) bond motifs is 1. The Bertz CT molecular complexity index is 563. The van der Waals surface area contributed by atoms with Crippen LogP contribution in [0.25, 0.3) is 0 Å². The summed E-state index contributed by atoms with van der Waals surface area (Å²) < 4.78 is 12.0. The van der Waals surface area contributed by atoms with E-state index in [0.29, 0.717) is 19.9 Å². The lowest BCUT2D eigenvalue weighted by atomic mass is 10.1. The lowest BCUT2D eigenvalue weighted by molar-refractivity contribution is -0.150. The van der Waals surface area contributed by atoms with Crippen LogP contribution in [0.5, 0.6) is 0 Å². The highest BCUT2D eigenvalue weighted by Gasteiger charge is 2.37. The zero-order valence-corrected chi connectivity index (χ0v) is 16.8. The molecule has 0 spiro atoms. The minimum absolute atomic E-state index is 0.259. The number of hydrogen-bond acceptors (Lipinski definition) is 5. The summed E-state index contributed by atoms with van der Waals surface area (Å²) in [7, 11) is -1.12. The number of anilines is 1. The van der Waals surface area contributed by atoms with Gasteiger partial charge in [0.05, 0.1) is 12.3 Å². The minimum Gasteiger partial charge on any atom is -0.465 e. The molecule has 1 unspecified atom stereocenters. The van der Waals surface area contributed by atoms with Crippen LogP contribution in [0.3, 0.4) is 0 Å². The maximum Gasteiger partial charge on any atom is 0.330 e. The first-order valence-electron chi connectivity index (χ1n) is 7.89. The van der Waals surface area contributed by atoms with E-state index in [2.05, 4.69) is 41.0 Å². The van der Waals surface area contributed by atoms with Crippen LogP contribution in [0.2, 0.25) is 25.7 Å². The van der Waals surface area contributed by atoms with Crippen LogP contribution in [-0.4, -0.2) is 39.0 Å². The van der Waals surface area contributed by atoms with Gasteiger partial charge in [-0.25, -0.2) is 4.79 Å². The van der Waals surface area contributed by atoms with E-state index in [0.717, 1.165) is 21.8 Å². The topological polar surface area (TPSA) is 50.8 Å². The molecule has 7 heteroatoms. The van der Waals surface area contributed by atoms with Crippen molar-refractivity contribution in [2.24, 2.45) is 0 Å². The summed E-state index contributed by atoms with van der Waals surface area (Å²) in [5.74, 6) is -0.259. The molecule has 0 saturated carbocycles. The Labute approximate surface area is 147 Å². The van der Waals surface area contributed by atoms with Crippen molar-refractivity contribution in [2.75, 3.05) is 25.4 Å². The predicted molar refractivity (Wildman–Crippen MR) is 97.9 cm³/mol. The number of hydrogen-bond donors (Lipinski definition) is 1. The molecular weight excluding hydrogens is 376 g/mol. The van der Waals surface area contributed by atoms with Crippen molar-refractivity contribution in [1.82, 2.24) is 5.01 Å². The van der Waals surface area contributed by atoms with Gasteiger partial charge >= 0.3 is 5.97 Å². The molecule has 128 valence electrons. The summed E-state index contributed by atoms with van der Waals surface area (Å²) in [5, 5.41) is 1.80. The van der Waals surface area contributed by atoms with Crippen LogP contribution in [0, 0.1) is 0 Å². The fourth-order valence-electron chi connectivity index (χ4n) is 2.37. The second-order valence-corrected chi connectivity index (χ2v) is 13.4. The highest BCUT2D eigenvalue weighted by molar-refractivity contribution is 9.10.